The Kier molecular flexibility index (Phi) is 1.53. The van der Waals surface area contributed by atoms with Gasteiger partial charge in [0, 0.05) is 10.4 Å². The third-order valence-electron chi connectivity index (χ3n) is 2.11. The molecule has 0 aromatic carbocycles. The Labute approximate surface area is 69.4 Å². The molecule has 0 saturated carbocycles. The fourth-order valence-corrected chi connectivity index (χ4v) is 2.03. The largest absolute Gasteiger partial charge is 0.0873 e. The maximum Gasteiger partial charge on any atom is 0.0135 e. The lowest BCUT2D eigenvalue weighted by molar-refractivity contribution is 0.595. The lowest BCUT2D eigenvalue weighted by atomic mass is 9.92. The molecule has 0 aromatic rings. The number of allylic oxidation sites excluding steroid dienone is 6. The summed E-state index contributed by atoms with van der Waals surface area (Å²) < 4.78 is 1.23. The molecule has 0 saturated heterocycles. The Morgan fingerprint density at radius 2 is 2.30 bits per heavy atom. The number of halogens is 1. The van der Waals surface area contributed by atoms with Crippen LogP contribution in [0.3, 0.4) is 0 Å². The zero-order chi connectivity index (χ0) is 6.97. The van der Waals surface area contributed by atoms with E-state index in [1.165, 1.54) is 10.9 Å². The van der Waals surface area contributed by atoms with Crippen molar-refractivity contribution >= 4 is 15.9 Å². The van der Waals surface area contributed by atoms with Crippen LogP contribution in [0.1, 0.15) is 6.42 Å². The molecule has 10 heavy (non-hydrogen) atoms. The van der Waals surface area contributed by atoms with Gasteiger partial charge in [-0.25, -0.2) is 0 Å². The Bertz CT molecular complexity index is 223. The highest BCUT2D eigenvalue weighted by molar-refractivity contribution is 9.11. The maximum absolute atomic E-state index is 3.47. The lowest BCUT2D eigenvalue weighted by Gasteiger charge is -2.15. The fourth-order valence-electron chi connectivity index (χ4n) is 1.54. The second-order valence-corrected chi connectivity index (χ2v) is 3.73. The van der Waals surface area contributed by atoms with Crippen molar-refractivity contribution in [2.75, 3.05) is 0 Å². The van der Waals surface area contributed by atoms with E-state index < -0.39 is 0 Å². The molecule has 2 rings (SSSR count). The molecule has 52 valence electrons. The minimum absolute atomic E-state index is 0.682. The second-order valence-electron chi connectivity index (χ2n) is 2.82. The average molecular weight is 197 g/mol. The SMILES string of the molecule is BrC1=CC2CC=CC2C=C1. The van der Waals surface area contributed by atoms with Crippen LogP contribution >= 0.6 is 15.9 Å². The molecule has 2 atom stereocenters. The van der Waals surface area contributed by atoms with Gasteiger partial charge in [0.1, 0.15) is 0 Å². The summed E-state index contributed by atoms with van der Waals surface area (Å²) in [6.45, 7) is 0. The molecule has 0 heterocycles. The van der Waals surface area contributed by atoms with E-state index in [0.717, 1.165) is 5.92 Å². The van der Waals surface area contributed by atoms with E-state index in [2.05, 4.69) is 46.3 Å². The van der Waals surface area contributed by atoms with Crippen molar-refractivity contribution in [2.45, 2.75) is 6.42 Å². The van der Waals surface area contributed by atoms with Gasteiger partial charge >= 0.3 is 0 Å². The molecule has 0 aromatic heterocycles. The average Bonchev–Trinajstić information content (AvgIpc) is 2.33. The van der Waals surface area contributed by atoms with Crippen LogP contribution in [0, 0.1) is 11.8 Å². The summed E-state index contributed by atoms with van der Waals surface area (Å²) in [5, 5.41) is 0. The summed E-state index contributed by atoms with van der Waals surface area (Å²) in [4.78, 5) is 0. The monoisotopic (exact) mass is 196 g/mol. The van der Waals surface area contributed by atoms with E-state index in [4.69, 9.17) is 0 Å². The van der Waals surface area contributed by atoms with Crippen molar-refractivity contribution in [3.8, 4) is 0 Å². The van der Waals surface area contributed by atoms with Crippen LogP contribution in [0.25, 0.3) is 0 Å². The van der Waals surface area contributed by atoms with Crippen LogP contribution in [-0.4, -0.2) is 0 Å². The van der Waals surface area contributed by atoms with Crippen molar-refractivity contribution in [3.63, 3.8) is 0 Å². The van der Waals surface area contributed by atoms with Gasteiger partial charge in [-0.2, -0.15) is 0 Å². The molecule has 2 aliphatic rings. The summed E-state index contributed by atoms with van der Waals surface area (Å²) >= 11 is 3.47. The van der Waals surface area contributed by atoms with Crippen molar-refractivity contribution in [2.24, 2.45) is 11.8 Å². The zero-order valence-corrected chi connectivity index (χ0v) is 7.21. The van der Waals surface area contributed by atoms with Gasteiger partial charge in [0.25, 0.3) is 0 Å². The van der Waals surface area contributed by atoms with Crippen LogP contribution in [0.2, 0.25) is 0 Å². The minimum Gasteiger partial charge on any atom is -0.0873 e. The van der Waals surface area contributed by atoms with E-state index in [0.29, 0.717) is 5.92 Å². The molecule has 0 aliphatic heterocycles. The van der Waals surface area contributed by atoms with Crippen molar-refractivity contribution in [1.29, 1.82) is 0 Å². The summed E-state index contributed by atoms with van der Waals surface area (Å²) in [5.41, 5.74) is 0. The van der Waals surface area contributed by atoms with Crippen LogP contribution in [0.5, 0.6) is 0 Å². The predicted molar refractivity (Wildman–Crippen MR) is 46.9 cm³/mol. The van der Waals surface area contributed by atoms with Crippen LogP contribution < -0.4 is 0 Å². The Morgan fingerprint density at radius 1 is 1.40 bits per heavy atom. The summed E-state index contributed by atoms with van der Waals surface area (Å²) in [6, 6.07) is 0. The number of rotatable bonds is 0. The summed E-state index contributed by atoms with van der Waals surface area (Å²) in [7, 11) is 0. The van der Waals surface area contributed by atoms with Crippen molar-refractivity contribution in [3.05, 3.63) is 34.9 Å². The molecule has 2 aliphatic carbocycles. The number of hydrogen-bond donors (Lipinski definition) is 0. The normalized spacial score (nSPS) is 35.9. The molecule has 0 spiro atoms. The smallest absolute Gasteiger partial charge is 0.0135 e. The Hall–Kier alpha value is -0.300. The molecular weight excluding hydrogens is 188 g/mol. The molecule has 0 N–H and O–H groups in total. The first-order valence-electron chi connectivity index (χ1n) is 3.58. The minimum atomic E-state index is 0.682. The highest BCUT2D eigenvalue weighted by Gasteiger charge is 2.20. The predicted octanol–water partition coefficient (Wildman–Crippen LogP) is 3.03. The number of fused-ring (bicyclic) bond motifs is 1. The zero-order valence-electron chi connectivity index (χ0n) is 5.63. The Morgan fingerprint density at radius 3 is 3.20 bits per heavy atom. The topological polar surface area (TPSA) is 0 Å². The summed E-state index contributed by atoms with van der Waals surface area (Å²) in [5.74, 6) is 1.42. The molecule has 2 unspecified atom stereocenters. The molecule has 0 amide bonds. The first-order valence-corrected chi connectivity index (χ1v) is 4.38. The third-order valence-corrected chi connectivity index (χ3v) is 2.64. The van der Waals surface area contributed by atoms with Crippen LogP contribution in [-0.2, 0) is 0 Å². The maximum atomic E-state index is 3.47. The lowest BCUT2D eigenvalue weighted by Crippen LogP contribution is -2.05. The van der Waals surface area contributed by atoms with Crippen molar-refractivity contribution in [1.82, 2.24) is 0 Å². The highest BCUT2D eigenvalue weighted by atomic mass is 79.9. The van der Waals surface area contributed by atoms with Gasteiger partial charge in [-0.05, 0) is 12.3 Å². The van der Waals surface area contributed by atoms with E-state index in [1.807, 2.05) is 0 Å². The van der Waals surface area contributed by atoms with Gasteiger partial charge in [-0.1, -0.05) is 46.3 Å². The quantitative estimate of drug-likeness (QED) is 0.523. The molecule has 0 nitrogen and oxygen atoms in total. The van der Waals surface area contributed by atoms with Gasteiger partial charge in [-0.15, -0.1) is 0 Å². The first-order chi connectivity index (χ1) is 4.86. The van der Waals surface area contributed by atoms with Gasteiger partial charge < -0.3 is 0 Å². The van der Waals surface area contributed by atoms with E-state index >= 15 is 0 Å². The van der Waals surface area contributed by atoms with Gasteiger partial charge in [-0.3, -0.25) is 0 Å². The van der Waals surface area contributed by atoms with E-state index in [1.54, 1.807) is 0 Å². The first kappa shape index (κ1) is 6.41. The Balaban J connectivity index is 2.25. The van der Waals surface area contributed by atoms with Crippen LogP contribution in [0.4, 0.5) is 0 Å². The molecule has 0 radical (unpaired) electrons. The third kappa shape index (κ3) is 0.988. The van der Waals surface area contributed by atoms with Crippen LogP contribution in [0.15, 0.2) is 34.9 Å². The number of hydrogen-bond acceptors (Lipinski definition) is 0. The second kappa shape index (κ2) is 2.39. The fraction of sp³-hybridized carbons (Fsp3) is 0.333. The highest BCUT2D eigenvalue weighted by Crippen LogP contribution is 2.33. The summed E-state index contributed by atoms with van der Waals surface area (Å²) in [6.07, 6.45) is 12.5. The standard InChI is InChI=1S/C9H9Br/c10-9-5-4-7-2-1-3-8(7)6-9/h1-2,4-8H,3H2. The molecule has 1 heteroatoms. The molecule has 0 fully saturated rings. The van der Waals surface area contributed by atoms with E-state index in [9.17, 15) is 0 Å². The molecular formula is C9H9Br. The van der Waals surface area contributed by atoms with Gasteiger partial charge in [0.2, 0.25) is 0 Å². The van der Waals surface area contributed by atoms with Crippen molar-refractivity contribution < 1.29 is 0 Å². The van der Waals surface area contributed by atoms with Gasteiger partial charge in [0.05, 0.1) is 0 Å². The molecule has 0 bridgehead atoms. The van der Waals surface area contributed by atoms with Gasteiger partial charge in [0.15, 0.2) is 0 Å². The van der Waals surface area contributed by atoms with E-state index in [-0.39, 0.29) is 0 Å².